The van der Waals surface area contributed by atoms with Gasteiger partial charge in [0.1, 0.15) is 7.85 Å². The molecule has 42 valence electrons. The predicted molar refractivity (Wildman–Crippen MR) is 37.5 cm³/mol. The van der Waals surface area contributed by atoms with Crippen molar-refractivity contribution in [1.29, 1.82) is 5.41 Å². The van der Waals surface area contributed by atoms with Gasteiger partial charge in [0.15, 0.2) is 0 Å². The highest BCUT2D eigenvalue weighted by Gasteiger charge is 1.94. The third kappa shape index (κ3) is 2.16. The molecule has 0 aromatic heterocycles. The predicted octanol–water partition coefficient (Wildman–Crippen LogP) is 1.01. The van der Waals surface area contributed by atoms with Gasteiger partial charge in [0, 0.05) is 0 Å². The van der Waals surface area contributed by atoms with Gasteiger partial charge < -0.3 is 4.74 Å². The van der Waals surface area contributed by atoms with E-state index in [1.54, 1.807) is 0 Å². The molecule has 0 aromatic rings. The minimum Gasteiger partial charge on any atom is -0.481 e. The molecule has 0 heterocycles. The number of hydrogen-bond acceptors (Lipinski definition) is 2. The summed E-state index contributed by atoms with van der Waals surface area (Å²) in [6, 6.07) is 0. The molecule has 0 bridgehead atoms. The second-order valence-corrected chi connectivity index (χ2v) is 1.90. The fourth-order valence-electron chi connectivity index (χ4n) is 0.173. The molecular weight excluding hydrogens is 169 g/mol. The Kier molecular flexibility index (Phi) is 3.61. The van der Waals surface area contributed by atoms with Crippen LogP contribution in [0.4, 0.5) is 0 Å². The van der Waals surface area contributed by atoms with E-state index >= 15 is 0 Å². The topological polar surface area (TPSA) is 33.1 Å². The molecule has 2 radical (unpaired) electrons. The third-order valence-corrected chi connectivity index (χ3v) is 1.19. The maximum absolute atomic E-state index is 6.93. The molecule has 0 amide bonds. The highest BCUT2D eigenvalue weighted by atomic mass is 79.9. The van der Waals surface area contributed by atoms with Crippen molar-refractivity contribution in [3.05, 3.63) is 10.5 Å². The van der Waals surface area contributed by atoms with Gasteiger partial charge in [0.25, 0.3) is 0 Å². The van der Waals surface area contributed by atoms with Crippen molar-refractivity contribution >= 4 is 29.7 Å². The first-order valence-electron chi connectivity index (χ1n) is 1.92. The molecule has 8 heavy (non-hydrogen) atoms. The molecule has 0 saturated carbocycles. The van der Waals surface area contributed by atoms with Crippen molar-refractivity contribution in [3.63, 3.8) is 0 Å². The number of hydrogen-bond donors (Lipinski definition) is 1. The number of methoxy groups -OCH3 is 1. The molecule has 0 atom stereocenters. The van der Waals surface area contributed by atoms with E-state index in [0.29, 0.717) is 4.48 Å². The van der Waals surface area contributed by atoms with Crippen LogP contribution in [-0.2, 0) is 4.74 Å². The molecule has 0 unspecified atom stereocenters. The lowest BCUT2D eigenvalue weighted by Gasteiger charge is -1.96. The molecular formula is C4H5BBrNO. The smallest absolute Gasteiger partial charge is 0.218 e. The monoisotopic (exact) mass is 173 g/mol. The van der Waals surface area contributed by atoms with Crippen LogP contribution >= 0.6 is 15.9 Å². The van der Waals surface area contributed by atoms with Crippen LogP contribution in [0.5, 0.6) is 0 Å². The summed E-state index contributed by atoms with van der Waals surface area (Å²) in [5.41, 5.74) is 0. The summed E-state index contributed by atoms with van der Waals surface area (Å²) in [7, 11) is 6.43. The molecule has 0 aliphatic heterocycles. The van der Waals surface area contributed by atoms with Gasteiger partial charge in [-0.25, -0.2) is 0 Å². The van der Waals surface area contributed by atoms with Crippen molar-refractivity contribution in [2.75, 3.05) is 7.11 Å². The van der Waals surface area contributed by atoms with Crippen molar-refractivity contribution < 1.29 is 4.74 Å². The van der Waals surface area contributed by atoms with Gasteiger partial charge >= 0.3 is 0 Å². The fourth-order valence-corrected chi connectivity index (χ4v) is 0.335. The minimum absolute atomic E-state index is 0.0347. The maximum atomic E-state index is 6.93. The van der Waals surface area contributed by atoms with Crippen LogP contribution in [0.2, 0.25) is 0 Å². The molecule has 1 N–H and O–H groups in total. The molecule has 0 spiro atoms. The first kappa shape index (κ1) is 7.75. The summed E-state index contributed by atoms with van der Waals surface area (Å²) >= 11 is 2.99. The Morgan fingerprint density at radius 3 is 2.50 bits per heavy atom. The minimum atomic E-state index is 0.0347. The Morgan fingerprint density at radius 1 is 1.88 bits per heavy atom. The van der Waals surface area contributed by atoms with Gasteiger partial charge in [0.2, 0.25) is 5.90 Å². The zero-order chi connectivity index (χ0) is 6.57. The Bertz CT molecular complexity index is 123. The number of halogens is 1. The standard InChI is InChI=1S/C4H5BBrNO/c1-8-4(7)3(6)2-5/h2,7H,1H3/b3-2+,7-4?. The first-order chi connectivity index (χ1) is 3.72. The second-order valence-electron chi connectivity index (χ2n) is 1.05. The molecule has 0 fully saturated rings. The summed E-state index contributed by atoms with van der Waals surface area (Å²) < 4.78 is 4.95. The quantitative estimate of drug-likeness (QED) is 0.359. The zero-order valence-corrected chi connectivity index (χ0v) is 6.03. The molecule has 2 nitrogen and oxygen atoms in total. The Balaban J connectivity index is 3.83. The van der Waals surface area contributed by atoms with Crippen LogP contribution in [0.15, 0.2) is 10.5 Å². The lowest BCUT2D eigenvalue weighted by molar-refractivity contribution is 0.402. The molecule has 0 aliphatic rings. The van der Waals surface area contributed by atoms with E-state index < -0.39 is 0 Å². The normalized spacial score (nSPS) is 11.0. The number of rotatable bonds is 1. The van der Waals surface area contributed by atoms with Gasteiger partial charge in [0.05, 0.1) is 11.6 Å². The van der Waals surface area contributed by atoms with E-state index in [1.165, 1.54) is 13.1 Å². The van der Waals surface area contributed by atoms with Crippen LogP contribution in [0, 0.1) is 5.41 Å². The van der Waals surface area contributed by atoms with Gasteiger partial charge in [-0.1, -0.05) is 0 Å². The van der Waals surface area contributed by atoms with E-state index in [1.807, 2.05) is 0 Å². The summed E-state index contributed by atoms with van der Waals surface area (Å²) in [4.78, 5) is 0. The maximum Gasteiger partial charge on any atom is 0.218 e. The van der Waals surface area contributed by atoms with Crippen molar-refractivity contribution in [2.24, 2.45) is 0 Å². The molecule has 0 rings (SSSR count). The van der Waals surface area contributed by atoms with Gasteiger partial charge in [-0.2, -0.15) is 0 Å². The number of nitrogens with one attached hydrogen (secondary N) is 1. The van der Waals surface area contributed by atoms with Crippen LogP contribution in [0.1, 0.15) is 0 Å². The van der Waals surface area contributed by atoms with Crippen LogP contribution < -0.4 is 0 Å². The Hall–Kier alpha value is -0.245. The van der Waals surface area contributed by atoms with Gasteiger partial charge in [-0.05, 0) is 15.9 Å². The molecule has 0 saturated heterocycles. The van der Waals surface area contributed by atoms with Crippen molar-refractivity contribution in [2.45, 2.75) is 0 Å². The molecule has 0 aliphatic carbocycles. The summed E-state index contributed by atoms with van der Waals surface area (Å²) in [5, 5.41) is 6.93. The highest BCUT2D eigenvalue weighted by molar-refractivity contribution is 9.12. The van der Waals surface area contributed by atoms with Crippen LogP contribution in [0.3, 0.4) is 0 Å². The third-order valence-electron chi connectivity index (χ3n) is 0.567. The van der Waals surface area contributed by atoms with Crippen molar-refractivity contribution in [3.8, 4) is 0 Å². The highest BCUT2D eigenvalue weighted by Crippen LogP contribution is 2.03. The fraction of sp³-hybridized carbons (Fsp3) is 0.250. The van der Waals surface area contributed by atoms with E-state index in [4.69, 9.17) is 13.3 Å². The Morgan fingerprint density at radius 2 is 2.38 bits per heavy atom. The van der Waals surface area contributed by atoms with Crippen LogP contribution in [-0.4, -0.2) is 20.9 Å². The molecule has 4 heteroatoms. The first-order valence-corrected chi connectivity index (χ1v) is 2.72. The van der Waals surface area contributed by atoms with E-state index in [9.17, 15) is 0 Å². The molecule has 0 aromatic carbocycles. The summed E-state index contributed by atoms with van der Waals surface area (Å²) in [5.74, 6) is 1.29. The van der Waals surface area contributed by atoms with E-state index in [0.717, 1.165) is 0 Å². The van der Waals surface area contributed by atoms with Gasteiger partial charge in [-0.3, -0.25) is 5.41 Å². The van der Waals surface area contributed by atoms with Crippen LogP contribution in [0.25, 0.3) is 0 Å². The lowest BCUT2D eigenvalue weighted by atomic mass is 10.1. The van der Waals surface area contributed by atoms with Gasteiger partial charge in [-0.15, -0.1) is 5.98 Å². The lowest BCUT2D eigenvalue weighted by Crippen LogP contribution is -1.97. The summed E-state index contributed by atoms with van der Waals surface area (Å²) in [6.07, 6.45) is 0. The number of ether oxygens (including phenoxy) is 1. The SMILES string of the molecule is [B]/C=C(/Br)C(=N)OC. The average molecular weight is 174 g/mol. The van der Waals surface area contributed by atoms with E-state index in [2.05, 4.69) is 20.7 Å². The largest absolute Gasteiger partial charge is 0.481 e. The van der Waals surface area contributed by atoms with Crippen molar-refractivity contribution in [1.82, 2.24) is 0 Å². The van der Waals surface area contributed by atoms with E-state index in [-0.39, 0.29) is 5.90 Å². The summed E-state index contributed by atoms with van der Waals surface area (Å²) in [6.45, 7) is 0. The second kappa shape index (κ2) is 3.72. The Labute approximate surface area is 58.0 Å². The average Bonchev–Trinajstić information content (AvgIpc) is 1.84. The zero-order valence-electron chi connectivity index (χ0n) is 4.44.